The molecule has 3 rings (SSSR count). The topological polar surface area (TPSA) is 84.9 Å². The third-order valence-corrected chi connectivity index (χ3v) is 5.75. The number of unbranched alkanes of at least 4 members (excludes halogenated alkanes) is 1. The van der Waals surface area contributed by atoms with Gasteiger partial charge in [-0.3, -0.25) is 4.79 Å². The Morgan fingerprint density at radius 3 is 2.50 bits per heavy atom. The van der Waals surface area contributed by atoms with Crippen molar-refractivity contribution >= 4 is 17.8 Å². The molecule has 36 heavy (non-hydrogen) atoms. The Kier molecular flexibility index (Phi) is 9.83. The molecule has 2 N–H and O–H groups in total. The minimum Gasteiger partial charge on any atom is -0.497 e. The molecule has 0 bridgehead atoms. The Balaban J connectivity index is 1.74. The molecular weight excluding hydrogens is 454 g/mol. The van der Waals surface area contributed by atoms with Crippen molar-refractivity contribution in [3.05, 3.63) is 89.0 Å². The number of carbonyl (C=O) groups is 2. The highest BCUT2D eigenvalue weighted by Crippen LogP contribution is 2.32. The summed E-state index contributed by atoms with van der Waals surface area (Å²) in [6, 6.07) is 20.9. The number of carbonyl (C=O) groups excluding carboxylic acids is 1. The Morgan fingerprint density at radius 1 is 1.03 bits per heavy atom. The van der Waals surface area contributed by atoms with Crippen molar-refractivity contribution < 1.29 is 24.2 Å². The van der Waals surface area contributed by atoms with Gasteiger partial charge in [-0.1, -0.05) is 43.7 Å². The lowest BCUT2D eigenvalue weighted by Gasteiger charge is -2.14. The number of methoxy groups -OCH3 is 1. The molecule has 0 saturated carbocycles. The minimum atomic E-state index is -0.946. The van der Waals surface area contributed by atoms with Gasteiger partial charge in [-0.05, 0) is 72.5 Å². The van der Waals surface area contributed by atoms with Crippen molar-refractivity contribution in [2.75, 3.05) is 20.3 Å². The number of ketones is 1. The third-order valence-electron chi connectivity index (χ3n) is 5.75. The van der Waals surface area contributed by atoms with E-state index in [0.29, 0.717) is 18.7 Å². The van der Waals surface area contributed by atoms with Crippen LogP contribution in [0.3, 0.4) is 0 Å². The van der Waals surface area contributed by atoms with E-state index in [1.54, 1.807) is 44.4 Å². The summed E-state index contributed by atoms with van der Waals surface area (Å²) in [6.45, 7) is 5.04. The number of carboxylic acid groups (broad SMARTS) is 1. The van der Waals surface area contributed by atoms with Gasteiger partial charge >= 0.3 is 5.97 Å². The average molecular weight is 488 g/mol. The zero-order valence-electron chi connectivity index (χ0n) is 21.0. The number of aliphatic carboxylic acids is 1. The number of nitrogens with one attached hydrogen (secondary N) is 1. The van der Waals surface area contributed by atoms with Crippen LogP contribution in [-0.2, 0) is 11.3 Å². The van der Waals surface area contributed by atoms with Gasteiger partial charge < -0.3 is 19.9 Å². The monoisotopic (exact) mass is 487 g/mol. The number of carboxylic acids is 1. The average Bonchev–Trinajstić information content (AvgIpc) is 2.89. The Labute approximate surface area is 212 Å². The van der Waals surface area contributed by atoms with E-state index in [4.69, 9.17) is 9.47 Å². The van der Waals surface area contributed by atoms with Gasteiger partial charge in [0, 0.05) is 23.2 Å². The van der Waals surface area contributed by atoms with Crippen LogP contribution in [0.2, 0.25) is 0 Å². The van der Waals surface area contributed by atoms with Crippen LogP contribution in [0.4, 0.5) is 0 Å². The first-order chi connectivity index (χ1) is 17.4. The predicted molar refractivity (Wildman–Crippen MR) is 143 cm³/mol. The van der Waals surface area contributed by atoms with Crippen LogP contribution in [0.5, 0.6) is 11.5 Å². The number of rotatable bonds is 13. The first kappa shape index (κ1) is 26.7. The first-order valence-corrected chi connectivity index (χ1v) is 12.1. The van der Waals surface area contributed by atoms with Gasteiger partial charge in [0.05, 0.1) is 20.3 Å². The summed E-state index contributed by atoms with van der Waals surface area (Å²) in [7, 11) is 1.60. The second-order valence-electron chi connectivity index (χ2n) is 8.55. The van der Waals surface area contributed by atoms with Crippen LogP contribution >= 0.6 is 0 Å². The zero-order valence-corrected chi connectivity index (χ0v) is 21.0. The molecule has 0 spiro atoms. The van der Waals surface area contributed by atoms with E-state index in [-0.39, 0.29) is 17.9 Å². The number of hydrogen-bond acceptors (Lipinski definition) is 5. The minimum absolute atomic E-state index is 0.0146. The molecule has 0 fully saturated rings. The molecule has 0 aliphatic carbocycles. The lowest BCUT2D eigenvalue weighted by atomic mass is 9.99. The molecule has 0 aliphatic rings. The number of ether oxygens (including phenoxy) is 2. The molecule has 0 saturated heterocycles. The van der Waals surface area contributed by atoms with Gasteiger partial charge in [0.25, 0.3) is 0 Å². The van der Waals surface area contributed by atoms with E-state index in [2.05, 4.69) is 18.3 Å². The van der Waals surface area contributed by atoms with Crippen LogP contribution in [-0.4, -0.2) is 37.1 Å². The maximum atomic E-state index is 12.5. The van der Waals surface area contributed by atoms with E-state index in [9.17, 15) is 14.7 Å². The van der Waals surface area contributed by atoms with E-state index >= 15 is 0 Å². The van der Waals surface area contributed by atoms with Gasteiger partial charge in [0.15, 0.2) is 5.78 Å². The highest BCUT2D eigenvalue weighted by molar-refractivity contribution is 5.97. The van der Waals surface area contributed by atoms with Crippen LogP contribution in [0.1, 0.15) is 48.2 Å². The maximum Gasteiger partial charge on any atom is 0.331 e. The van der Waals surface area contributed by atoms with E-state index in [0.717, 1.165) is 46.6 Å². The van der Waals surface area contributed by atoms with E-state index in [1.165, 1.54) is 0 Å². The molecular formula is C30H33NO5. The largest absolute Gasteiger partial charge is 0.497 e. The lowest BCUT2D eigenvalue weighted by Crippen LogP contribution is -2.22. The highest BCUT2D eigenvalue weighted by atomic mass is 16.5. The standard InChI is InChI=1S/C30H33NO5/c1-4-5-15-36-29-18-22(16-21(2)30(33)34)9-14-27(29)25-8-6-7-23(17-25)19-31-20-28(32)24-10-12-26(35-3)13-11-24/h6-14,16-18,31H,4-5,15,19-20H2,1-3H3,(H,33,34). The maximum absolute atomic E-state index is 12.5. The normalized spacial score (nSPS) is 11.2. The summed E-state index contributed by atoms with van der Waals surface area (Å²) in [5, 5.41) is 12.4. The van der Waals surface area contributed by atoms with Crippen molar-refractivity contribution in [3.8, 4) is 22.6 Å². The molecule has 6 nitrogen and oxygen atoms in total. The van der Waals surface area contributed by atoms with Crippen LogP contribution in [0.25, 0.3) is 17.2 Å². The molecule has 3 aromatic rings. The Hall–Kier alpha value is -3.90. The van der Waals surface area contributed by atoms with Crippen LogP contribution < -0.4 is 14.8 Å². The molecule has 188 valence electrons. The molecule has 6 heteroatoms. The number of benzene rings is 3. The summed E-state index contributed by atoms with van der Waals surface area (Å²) in [6.07, 6.45) is 3.59. The predicted octanol–water partition coefficient (Wildman–Crippen LogP) is 6.00. The van der Waals surface area contributed by atoms with Gasteiger partial charge in [-0.25, -0.2) is 4.79 Å². The van der Waals surface area contributed by atoms with Gasteiger partial charge in [0.1, 0.15) is 11.5 Å². The second-order valence-corrected chi connectivity index (χ2v) is 8.55. The fraction of sp³-hybridized carbons (Fsp3) is 0.267. The molecule has 0 aliphatic heterocycles. The number of hydrogen-bond donors (Lipinski definition) is 2. The van der Waals surface area contributed by atoms with Crippen LogP contribution in [0.15, 0.2) is 72.3 Å². The fourth-order valence-electron chi connectivity index (χ4n) is 3.67. The van der Waals surface area contributed by atoms with E-state index < -0.39 is 5.97 Å². The highest BCUT2D eigenvalue weighted by Gasteiger charge is 2.10. The van der Waals surface area contributed by atoms with Crippen LogP contribution in [0, 0.1) is 0 Å². The van der Waals surface area contributed by atoms with Crippen molar-refractivity contribution in [2.45, 2.75) is 33.2 Å². The number of Topliss-reactive ketones (excluding diaryl/α,β-unsaturated/α-hetero) is 1. The summed E-state index contributed by atoms with van der Waals surface area (Å²) in [4.78, 5) is 23.7. The molecule has 0 radical (unpaired) electrons. The summed E-state index contributed by atoms with van der Waals surface area (Å²) in [5.74, 6) is 0.504. The summed E-state index contributed by atoms with van der Waals surface area (Å²) in [5.41, 5.74) is 4.65. The first-order valence-electron chi connectivity index (χ1n) is 12.1. The quantitative estimate of drug-likeness (QED) is 0.175. The zero-order chi connectivity index (χ0) is 25.9. The smallest absolute Gasteiger partial charge is 0.331 e. The SMILES string of the molecule is CCCCOc1cc(C=C(C)C(=O)O)ccc1-c1cccc(CNCC(=O)c2ccc(OC)cc2)c1. The van der Waals surface area contributed by atoms with Crippen molar-refractivity contribution in [2.24, 2.45) is 0 Å². The molecule has 0 unspecified atom stereocenters. The molecule has 0 amide bonds. The van der Waals surface area contributed by atoms with Crippen molar-refractivity contribution in [3.63, 3.8) is 0 Å². The summed E-state index contributed by atoms with van der Waals surface area (Å²) < 4.78 is 11.2. The summed E-state index contributed by atoms with van der Waals surface area (Å²) >= 11 is 0. The molecule has 0 atom stereocenters. The fourth-order valence-corrected chi connectivity index (χ4v) is 3.67. The molecule has 3 aromatic carbocycles. The Bertz CT molecular complexity index is 1210. The van der Waals surface area contributed by atoms with Gasteiger partial charge in [-0.2, -0.15) is 0 Å². The van der Waals surface area contributed by atoms with Gasteiger partial charge in [0.2, 0.25) is 0 Å². The van der Waals surface area contributed by atoms with Crippen molar-refractivity contribution in [1.29, 1.82) is 0 Å². The van der Waals surface area contributed by atoms with Crippen molar-refractivity contribution in [1.82, 2.24) is 5.32 Å². The second kappa shape index (κ2) is 13.3. The van der Waals surface area contributed by atoms with Gasteiger partial charge in [-0.15, -0.1) is 0 Å². The molecule has 0 aromatic heterocycles. The molecule has 0 heterocycles. The Morgan fingerprint density at radius 2 is 1.81 bits per heavy atom. The van der Waals surface area contributed by atoms with E-state index in [1.807, 2.05) is 36.4 Å². The third kappa shape index (κ3) is 7.55. The lowest BCUT2D eigenvalue weighted by molar-refractivity contribution is -0.132.